The molecule has 0 radical (unpaired) electrons. The van der Waals surface area contributed by atoms with Crippen LogP contribution in [0.15, 0.2) is 60.7 Å². The van der Waals surface area contributed by atoms with Crippen LogP contribution >= 0.6 is 10.6 Å². The average molecular weight is 567 g/mol. The number of benzene rings is 3. The molecule has 0 amide bonds. The van der Waals surface area contributed by atoms with E-state index in [1.807, 2.05) is 36.4 Å². The summed E-state index contributed by atoms with van der Waals surface area (Å²) in [6.45, 7) is 6.06. The number of aryl methyl sites for hydroxylation is 2. The molecule has 0 bridgehead atoms. The summed E-state index contributed by atoms with van der Waals surface area (Å²) in [4.78, 5) is 11.3. The molecule has 0 saturated carbocycles. The molecule has 2 saturated heterocycles. The lowest BCUT2D eigenvalue weighted by Crippen LogP contribution is -2.48. The molecule has 3 aromatic rings. The second-order valence-corrected chi connectivity index (χ2v) is 13.7. The smallest absolute Gasteiger partial charge is 0.304 e. The van der Waals surface area contributed by atoms with Gasteiger partial charge in [-0.3, -0.25) is 13.9 Å². The van der Waals surface area contributed by atoms with Crippen molar-refractivity contribution in [2.75, 3.05) is 31.3 Å². The Morgan fingerprint density at radius 3 is 2.23 bits per heavy atom. The van der Waals surface area contributed by atoms with Crippen LogP contribution in [0, 0.1) is 19.8 Å². The van der Waals surface area contributed by atoms with Crippen molar-refractivity contribution in [3.8, 4) is 22.6 Å². The van der Waals surface area contributed by atoms with Gasteiger partial charge in [-0.25, -0.2) is 0 Å². The van der Waals surface area contributed by atoms with Crippen LogP contribution in [-0.4, -0.2) is 51.5 Å². The summed E-state index contributed by atoms with van der Waals surface area (Å²) in [7, 11) is -2.37. The fraction of sp³-hybridized carbons (Fsp3) is 0.406. The minimum absolute atomic E-state index is 0.0586. The Kier molecular flexibility index (Phi) is 8.42. The van der Waals surface area contributed by atoms with Crippen LogP contribution in [0.5, 0.6) is 11.5 Å². The Balaban J connectivity index is 1.21. The Morgan fingerprint density at radius 2 is 1.62 bits per heavy atom. The van der Waals surface area contributed by atoms with Gasteiger partial charge in [0.1, 0.15) is 18.1 Å². The third kappa shape index (κ3) is 6.63. The van der Waals surface area contributed by atoms with Crippen molar-refractivity contribution in [2.24, 2.45) is 5.92 Å². The van der Waals surface area contributed by atoms with Crippen LogP contribution in [0.1, 0.15) is 41.5 Å². The maximum absolute atomic E-state index is 11.3. The molecule has 3 N–H and O–H groups in total. The number of hydrogen-bond donors (Lipinski definition) is 3. The molecule has 0 aliphatic carbocycles. The highest BCUT2D eigenvalue weighted by Gasteiger charge is 2.42. The van der Waals surface area contributed by atoms with Crippen molar-refractivity contribution < 1.29 is 33.2 Å². The monoisotopic (exact) mass is 566 g/mol. The van der Waals surface area contributed by atoms with E-state index >= 15 is 0 Å². The zero-order valence-corrected chi connectivity index (χ0v) is 23.9. The summed E-state index contributed by atoms with van der Waals surface area (Å²) in [5, 5.41) is 9.28. The molecule has 0 spiro atoms. The number of ether oxygens (including phenoxy) is 3. The molecule has 0 atom stereocenters. The van der Waals surface area contributed by atoms with Gasteiger partial charge < -0.3 is 19.3 Å². The lowest BCUT2D eigenvalue weighted by molar-refractivity contribution is -0.145. The Bertz CT molecular complexity index is 1310. The predicted octanol–water partition coefficient (Wildman–Crippen LogP) is 6.83. The van der Waals surface area contributed by atoms with Crippen molar-refractivity contribution in [3.63, 3.8) is 0 Å². The SMILES string of the molecule is Cc1cc(OCC2CCS(O)(O)CC2)cc(C)c1-c1cccc(COc2ccc(C3(CC(=O)O)COC3)cc2)c1. The van der Waals surface area contributed by atoms with Crippen LogP contribution in [0.2, 0.25) is 0 Å². The maximum Gasteiger partial charge on any atom is 0.304 e. The van der Waals surface area contributed by atoms with E-state index in [0.29, 0.717) is 43.9 Å². The van der Waals surface area contributed by atoms with Crippen molar-refractivity contribution in [3.05, 3.63) is 82.9 Å². The van der Waals surface area contributed by atoms with Crippen molar-refractivity contribution >= 4 is 16.6 Å². The Labute approximate surface area is 237 Å². The lowest BCUT2D eigenvalue weighted by atomic mass is 9.76. The van der Waals surface area contributed by atoms with Gasteiger partial charge in [-0.15, -0.1) is 0 Å². The highest BCUT2D eigenvalue weighted by atomic mass is 32.3. The van der Waals surface area contributed by atoms with Crippen LogP contribution in [-0.2, 0) is 21.6 Å². The molecular weight excluding hydrogens is 528 g/mol. The number of carbonyl (C=O) groups is 1. The van der Waals surface area contributed by atoms with E-state index in [9.17, 15) is 19.0 Å². The minimum Gasteiger partial charge on any atom is -0.493 e. The van der Waals surface area contributed by atoms with Gasteiger partial charge in [0, 0.05) is 11.5 Å². The number of carboxylic acids is 1. The maximum atomic E-state index is 11.3. The van der Waals surface area contributed by atoms with Gasteiger partial charge in [0.15, 0.2) is 0 Å². The van der Waals surface area contributed by atoms with Gasteiger partial charge in [-0.1, -0.05) is 30.3 Å². The van der Waals surface area contributed by atoms with Gasteiger partial charge in [0.25, 0.3) is 0 Å². The van der Waals surface area contributed by atoms with E-state index < -0.39 is 22.0 Å². The van der Waals surface area contributed by atoms with Gasteiger partial charge >= 0.3 is 5.97 Å². The fourth-order valence-electron chi connectivity index (χ4n) is 5.70. The van der Waals surface area contributed by atoms with E-state index in [1.54, 1.807) is 0 Å². The van der Waals surface area contributed by atoms with Gasteiger partial charge in [-0.2, -0.15) is 10.6 Å². The highest BCUT2D eigenvalue weighted by molar-refractivity contribution is 8.24. The predicted molar refractivity (Wildman–Crippen MR) is 158 cm³/mol. The summed E-state index contributed by atoms with van der Waals surface area (Å²) in [5.74, 6) is 2.07. The molecular formula is C32H38O7S. The topological polar surface area (TPSA) is 105 Å². The molecule has 7 nitrogen and oxygen atoms in total. The third-order valence-electron chi connectivity index (χ3n) is 8.03. The molecule has 8 heteroatoms. The molecule has 3 aromatic carbocycles. The zero-order chi connectivity index (χ0) is 28.3. The van der Waals surface area contributed by atoms with Gasteiger partial charge in [-0.05, 0) is 96.3 Å². The largest absolute Gasteiger partial charge is 0.493 e. The van der Waals surface area contributed by atoms with Crippen molar-refractivity contribution in [1.82, 2.24) is 0 Å². The van der Waals surface area contributed by atoms with E-state index in [-0.39, 0.29) is 6.42 Å². The zero-order valence-electron chi connectivity index (χ0n) is 23.1. The number of rotatable bonds is 10. The lowest BCUT2D eigenvalue weighted by Gasteiger charge is -2.40. The second kappa shape index (κ2) is 11.8. The molecule has 2 aliphatic rings. The average Bonchev–Trinajstić information content (AvgIpc) is 2.89. The number of hydrogen-bond acceptors (Lipinski definition) is 6. The molecule has 0 unspecified atom stereocenters. The molecule has 2 heterocycles. The van der Waals surface area contributed by atoms with E-state index in [4.69, 9.17) is 14.2 Å². The van der Waals surface area contributed by atoms with E-state index in [1.165, 1.54) is 5.56 Å². The molecule has 5 rings (SSSR count). The summed E-state index contributed by atoms with van der Waals surface area (Å²) < 4.78 is 37.2. The van der Waals surface area contributed by atoms with Crippen LogP contribution in [0.25, 0.3) is 11.1 Å². The summed E-state index contributed by atoms with van der Waals surface area (Å²) in [6, 6.07) is 20.2. The molecule has 40 heavy (non-hydrogen) atoms. The minimum atomic E-state index is -2.37. The normalized spacial score (nSPS) is 18.9. The third-order valence-corrected chi connectivity index (χ3v) is 9.81. The summed E-state index contributed by atoms with van der Waals surface area (Å²) in [5.41, 5.74) is 6.14. The first kappa shape index (κ1) is 28.5. The van der Waals surface area contributed by atoms with Gasteiger partial charge in [0.05, 0.1) is 31.7 Å². The second-order valence-electron chi connectivity index (χ2n) is 11.3. The van der Waals surface area contributed by atoms with Crippen molar-refractivity contribution in [2.45, 2.75) is 45.1 Å². The Hall–Kier alpha value is -3.04. The van der Waals surface area contributed by atoms with Gasteiger partial charge in [0.2, 0.25) is 0 Å². The Morgan fingerprint density at radius 1 is 0.950 bits per heavy atom. The molecule has 214 valence electrons. The first-order valence-electron chi connectivity index (χ1n) is 13.7. The molecule has 2 aliphatic heterocycles. The first-order chi connectivity index (χ1) is 19.1. The fourth-order valence-corrected chi connectivity index (χ4v) is 7.32. The van der Waals surface area contributed by atoms with E-state index in [0.717, 1.165) is 52.2 Å². The van der Waals surface area contributed by atoms with Crippen LogP contribution in [0.3, 0.4) is 0 Å². The molecule has 2 fully saturated rings. The van der Waals surface area contributed by atoms with Crippen molar-refractivity contribution in [1.29, 1.82) is 0 Å². The summed E-state index contributed by atoms with van der Waals surface area (Å²) >= 11 is 0. The molecule has 0 aromatic heterocycles. The highest BCUT2D eigenvalue weighted by Crippen LogP contribution is 2.45. The number of aliphatic carboxylic acids is 1. The first-order valence-corrected chi connectivity index (χ1v) is 15.6. The van der Waals surface area contributed by atoms with Crippen LogP contribution in [0.4, 0.5) is 0 Å². The quantitative estimate of drug-likeness (QED) is 0.247. The van der Waals surface area contributed by atoms with E-state index in [2.05, 4.69) is 38.1 Å². The van der Waals surface area contributed by atoms with Crippen LogP contribution < -0.4 is 9.47 Å². The summed E-state index contributed by atoms with van der Waals surface area (Å²) in [6.07, 6.45) is 1.64. The standard InChI is InChI=1S/C32H38O7S/c1-22-14-29(39-18-24-10-12-40(35,36)13-11-24)15-23(2)31(22)26-5-3-4-25(16-26)19-38-28-8-6-27(7-9-28)32(17-30(33)34)20-37-21-32/h3-9,14-16,24,35-36H,10-13,17-21H2,1-2H3,(H,33,34). The number of carboxylic acid groups (broad SMARTS) is 1.